The topological polar surface area (TPSA) is 66.5 Å². The van der Waals surface area contributed by atoms with E-state index >= 15 is 0 Å². The van der Waals surface area contributed by atoms with Crippen molar-refractivity contribution >= 4 is 44.6 Å². The van der Waals surface area contributed by atoms with Crippen molar-refractivity contribution in [2.24, 2.45) is 0 Å². The fourth-order valence-electron chi connectivity index (χ4n) is 2.12. The highest BCUT2D eigenvalue weighted by atomic mass is 35.5. The SMILES string of the molecule is CC(=O)N(CCNS(=O)(=O)c1cccs1)c1cccc(Cl)c1C. The zero-order chi connectivity index (χ0) is 17.0. The molecule has 0 radical (unpaired) electrons. The molecule has 23 heavy (non-hydrogen) atoms. The minimum atomic E-state index is -3.53. The van der Waals surface area contributed by atoms with Gasteiger partial charge in [-0.1, -0.05) is 23.7 Å². The van der Waals surface area contributed by atoms with Crippen LogP contribution in [0.1, 0.15) is 12.5 Å². The number of amides is 1. The van der Waals surface area contributed by atoms with Gasteiger partial charge in [-0.25, -0.2) is 13.1 Å². The molecule has 0 aliphatic heterocycles. The van der Waals surface area contributed by atoms with Crippen molar-refractivity contribution in [1.29, 1.82) is 0 Å². The summed E-state index contributed by atoms with van der Waals surface area (Å²) in [4.78, 5) is 13.4. The molecular formula is C15H17ClN2O3S2. The van der Waals surface area contributed by atoms with E-state index in [1.54, 1.807) is 29.6 Å². The van der Waals surface area contributed by atoms with Crippen LogP contribution >= 0.6 is 22.9 Å². The lowest BCUT2D eigenvalue weighted by Crippen LogP contribution is -2.37. The average molecular weight is 373 g/mol. The molecule has 1 aromatic carbocycles. The van der Waals surface area contributed by atoms with E-state index in [-0.39, 0.29) is 23.2 Å². The molecule has 0 aliphatic carbocycles. The number of hydrogen-bond donors (Lipinski definition) is 1. The summed E-state index contributed by atoms with van der Waals surface area (Å²) in [6.45, 7) is 3.60. The van der Waals surface area contributed by atoms with Gasteiger partial charge in [0.15, 0.2) is 0 Å². The number of halogens is 1. The Labute approximate surface area is 144 Å². The van der Waals surface area contributed by atoms with Crippen LogP contribution in [-0.2, 0) is 14.8 Å². The van der Waals surface area contributed by atoms with E-state index in [0.717, 1.165) is 16.9 Å². The second-order valence-corrected chi connectivity index (χ2v) is 8.23. The summed E-state index contributed by atoms with van der Waals surface area (Å²) in [5, 5.41) is 2.26. The lowest BCUT2D eigenvalue weighted by Gasteiger charge is -2.23. The smallest absolute Gasteiger partial charge is 0.250 e. The fourth-order valence-corrected chi connectivity index (χ4v) is 4.34. The second kappa shape index (κ2) is 7.44. The first kappa shape index (κ1) is 17.9. The van der Waals surface area contributed by atoms with Crippen LogP contribution in [0.25, 0.3) is 0 Å². The van der Waals surface area contributed by atoms with Gasteiger partial charge in [0.1, 0.15) is 4.21 Å². The van der Waals surface area contributed by atoms with Gasteiger partial charge in [0, 0.05) is 30.7 Å². The van der Waals surface area contributed by atoms with Gasteiger partial charge >= 0.3 is 0 Å². The molecule has 0 atom stereocenters. The molecule has 8 heteroatoms. The van der Waals surface area contributed by atoms with Crippen LogP contribution < -0.4 is 9.62 Å². The fraction of sp³-hybridized carbons (Fsp3) is 0.267. The second-order valence-electron chi connectivity index (χ2n) is 4.88. The van der Waals surface area contributed by atoms with Gasteiger partial charge in [-0.3, -0.25) is 4.79 Å². The van der Waals surface area contributed by atoms with Crippen molar-refractivity contribution in [1.82, 2.24) is 4.72 Å². The normalized spacial score (nSPS) is 11.4. The monoisotopic (exact) mass is 372 g/mol. The van der Waals surface area contributed by atoms with Crippen molar-refractivity contribution in [3.63, 3.8) is 0 Å². The van der Waals surface area contributed by atoms with Crippen LogP contribution in [0, 0.1) is 6.92 Å². The summed E-state index contributed by atoms with van der Waals surface area (Å²) in [5.74, 6) is -0.175. The van der Waals surface area contributed by atoms with Crippen LogP contribution in [0.5, 0.6) is 0 Å². The molecule has 1 aromatic heterocycles. The van der Waals surface area contributed by atoms with Gasteiger partial charge in [-0.2, -0.15) is 0 Å². The number of hydrogen-bond acceptors (Lipinski definition) is 4. The van der Waals surface area contributed by atoms with Gasteiger partial charge in [-0.15, -0.1) is 11.3 Å². The number of benzene rings is 1. The molecule has 0 aliphatic rings. The number of carbonyl (C=O) groups excluding carboxylic acids is 1. The molecule has 0 bridgehead atoms. The molecular weight excluding hydrogens is 356 g/mol. The molecule has 0 saturated carbocycles. The summed E-state index contributed by atoms with van der Waals surface area (Å²) in [6, 6.07) is 8.51. The van der Waals surface area contributed by atoms with Gasteiger partial charge in [0.2, 0.25) is 15.9 Å². The van der Waals surface area contributed by atoms with Crippen molar-refractivity contribution in [2.45, 2.75) is 18.1 Å². The van der Waals surface area contributed by atoms with Crippen molar-refractivity contribution in [3.8, 4) is 0 Å². The Bertz CT molecular complexity index is 789. The Hall–Kier alpha value is -1.41. The first-order valence-corrected chi connectivity index (χ1v) is 9.63. The van der Waals surface area contributed by atoms with Crippen LogP contribution in [0.3, 0.4) is 0 Å². The lowest BCUT2D eigenvalue weighted by molar-refractivity contribution is -0.116. The molecule has 0 fully saturated rings. The van der Waals surface area contributed by atoms with Crippen molar-refractivity contribution in [3.05, 3.63) is 46.3 Å². The molecule has 0 unspecified atom stereocenters. The Morgan fingerprint density at radius 1 is 1.30 bits per heavy atom. The Balaban J connectivity index is 2.10. The first-order chi connectivity index (χ1) is 10.8. The lowest BCUT2D eigenvalue weighted by atomic mass is 10.1. The molecule has 5 nitrogen and oxygen atoms in total. The largest absolute Gasteiger partial charge is 0.311 e. The van der Waals surface area contributed by atoms with E-state index in [1.807, 2.05) is 6.92 Å². The number of carbonyl (C=O) groups is 1. The third-order valence-corrected chi connectivity index (χ3v) is 6.57. The van der Waals surface area contributed by atoms with E-state index in [9.17, 15) is 13.2 Å². The van der Waals surface area contributed by atoms with Crippen LogP contribution in [0.2, 0.25) is 5.02 Å². The quantitative estimate of drug-likeness (QED) is 0.847. The Morgan fingerprint density at radius 2 is 2.04 bits per heavy atom. The van der Waals surface area contributed by atoms with E-state index in [2.05, 4.69) is 4.72 Å². The maximum absolute atomic E-state index is 12.1. The van der Waals surface area contributed by atoms with Gasteiger partial charge in [-0.05, 0) is 36.1 Å². The van der Waals surface area contributed by atoms with E-state index < -0.39 is 10.0 Å². The summed E-state index contributed by atoms with van der Waals surface area (Å²) in [5.41, 5.74) is 1.46. The van der Waals surface area contributed by atoms with Gasteiger partial charge < -0.3 is 4.90 Å². The molecule has 2 rings (SSSR count). The van der Waals surface area contributed by atoms with Gasteiger partial charge in [0.05, 0.1) is 0 Å². The van der Waals surface area contributed by atoms with Crippen LogP contribution in [0.4, 0.5) is 5.69 Å². The van der Waals surface area contributed by atoms with E-state index in [4.69, 9.17) is 11.6 Å². The molecule has 1 N–H and O–H groups in total. The highest BCUT2D eigenvalue weighted by Gasteiger charge is 2.18. The van der Waals surface area contributed by atoms with E-state index in [0.29, 0.717) is 10.7 Å². The number of anilines is 1. The number of sulfonamides is 1. The predicted molar refractivity (Wildman–Crippen MR) is 93.7 cm³/mol. The summed E-state index contributed by atoms with van der Waals surface area (Å²) < 4.78 is 26.9. The third kappa shape index (κ3) is 4.32. The molecule has 1 heterocycles. The third-order valence-electron chi connectivity index (χ3n) is 3.30. The van der Waals surface area contributed by atoms with Crippen molar-refractivity contribution in [2.75, 3.05) is 18.0 Å². The maximum atomic E-state index is 12.1. The maximum Gasteiger partial charge on any atom is 0.250 e. The van der Waals surface area contributed by atoms with Crippen LogP contribution in [0.15, 0.2) is 39.9 Å². The number of rotatable bonds is 6. The number of thiophene rings is 1. The molecule has 0 saturated heterocycles. The van der Waals surface area contributed by atoms with Gasteiger partial charge in [0.25, 0.3) is 0 Å². The molecule has 0 spiro atoms. The molecule has 1 amide bonds. The van der Waals surface area contributed by atoms with E-state index in [1.165, 1.54) is 17.9 Å². The minimum Gasteiger partial charge on any atom is -0.311 e. The minimum absolute atomic E-state index is 0.117. The average Bonchev–Trinajstić information content (AvgIpc) is 3.02. The first-order valence-electron chi connectivity index (χ1n) is 6.89. The summed E-state index contributed by atoms with van der Waals surface area (Å²) in [7, 11) is -3.53. The van der Waals surface area contributed by atoms with Crippen molar-refractivity contribution < 1.29 is 13.2 Å². The Kier molecular flexibility index (Phi) is 5.80. The standard InChI is InChI=1S/C15H17ClN2O3S2/c1-11-13(16)5-3-6-14(11)18(12(2)19)9-8-17-23(20,21)15-7-4-10-22-15/h3-7,10,17H,8-9H2,1-2H3. The molecule has 124 valence electrons. The highest BCUT2D eigenvalue weighted by Crippen LogP contribution is 2.26. The Morgan fingerprint density at radius 3 is 2.65 bits per heavy atom. The highest BCUT2D eigenvalue weighted by molar-refractivity contribution is 7.91. The number of nitrogens with one attached hydrogen (secondary N) is 1. The predicted octanol–water partition coefficient (Wildman–Crippen LogP) is 3.04. The zero-order valence-electron chi connectivity index (χ0n) is 12.7. The molecule has 2 aromatic rings. The van der Waals surface area contributed by atoms with Crippen LogP contribution in [-0.4, -0.2) is 27.4 Å². The number of nitrogens with zero attached hydrogens (tertiary/aromatic N) is 1. The summed E-state index contributed by atoms with van der Waals surface area (Å²) >= 11 is 7.24. The zero-order valence-corrected chi connectivity index (χ0v) is 15.1. The summed E-state index contributed by atoms with van der Waals surface area (Å²) in [6.07, 6.45) is 0.